The highest BCUT2D eigenvalue weighted by molar-refractivity contribution is 7.99. The lowest BCUT2D eigenvalue weighted by Crippen LogP contribution is -2.15. The second-order valence-electron chi connectivity index (χ2n) is 4.40. The van der Waals surface area contributed by atoms with Gasteiger partial charge in [0.15, 0.2) is 0 Å². The zero-order chi connectivity index (χ0) is 15.8. The largest absolute Gasteiger partial charge is 0.495 e. The van der Waals surface area contributed by atoms with Crippen LogP contribution in [0.25, 0.3) is 0 Å². The molecule has 1 aromatic rings. The first-order valence-corrected chi connectivity index (χ1v) is 7.91. The SMILES string of the molecule is COc1cc(Cl)c(C)cc1NC(=O)CSCCCC(=O)O. The fourth-order valence-electron chi connectivity index (χ4n) is 1.61. The van der Waals surface area contributed by atoms with Crippen LogP contribution in [0.4, 0.5) is 5.69 Å². The van der Waals surface area contributed by atoms with E-state index in [2.05, 4.69) is 5.32 Å². The zero-order valence-corrected chi connectivity index (χ0v) is 13.5. The minimum Gasteiger partial charge on any atom is -0.495 e. The minimum absolute atomic E-state index is 0.124. The van der Waals surface area contributed by atoms with Crippen LogP contribution in [-0.2, 0) is 9.59 Å². The van der Waals surface area contributed by atoms with Crippen LogP contribution in [0.15, 0.2) is 12.1 Å². The van der Waals surface area contributed by atoms with Gasteiger partial charge in [-0.1, -0.05) is 11.6 Å². The second-order valence-corrected chi connectivity index (χ2v) is 5.91. The van der Waals surface area contributed by atoms with Gasteiger partial charge in [-0.2, -0.15) is 11.8 Å². The Labute approximate surface area is 133 Å². The molecule has 116 valence electrons. The van der Waals surface area contributed by atoms with E-state index in [1.54, 1.807) is 12.1 Å². The van der Waals surface area contributed by atoms with Crippen LogP contribution < -0.4 is 10.1 Å². The number of carboxylic acid groups (broad SMARTS) is 1. The summed E-state index contributed by atoms with van der Waals surface area (Å²) in [7, 11) is 1.51. The van der Waals surface area contributed by atoms with Gasteiger partial charge in [0.05, 0.1) is 18.6 Å². The number of methoxy groups -OCH3 is 1. The van der Waals surface area contributed by atoms with Crippen molar-refractivity contribution in [2.45, 2.75) is 19.8 Å². The van der Waals surface area contributed by atoms with Gasteiger partial charge >= 0.3 is 5.97 Å². The third-order valence-corrected chi connectivity index (χ3v) is 4.12. The van der Waals surface area contributed by atoms with Gasteiger partial charge in [-0.05, 0) is 30.7 Å². The molecule has 0 bridgehead atoms. The van der Waals surface area contributed by atoms with Gasteiger partial charge < -0.3 is 15.2 Å². The number of thioether (sulfide) groups is 1. The van der Waals surface area contributed by atoms with E-state index >= 15 is 0 Å². The molecule has 1 aromatic carbocycles. The van der Waals surface area contributed by atoms with Gasteiger partial charge in [0.1, 0.15) is 5.75 Å². The standard InChI is InChI=1S/C14H18ClNO4S/c1-9-6-11(12(20-2)7-10(9)15)16-13(17)8-21-5-3-4-14(18)19/h6-7H,3-5,8H2,1-2H3,(H,16,17)(H,18,19). The Balaban J connectivity index is 2.47. The van der Waals surface area contributed by atoms with Crippen molar-refractivity contribution in [1.82, 2.24) is 0 Å². The highest BCUT2D eigenvalue weighted by Gasteiger charge is 2.10. The average Bonchev–Trinajstić information content (AvgIpc) is 2.41. The van der Waals surface area contributed by atoms with E-state index in [0.717, 1.165) is 5.56 Å². The van der Waals surface area contributed by atoms with Crippen LogP contribution in [0.2, 0.25) is 5.02 Å². The first kappa shape index (κ1) is 17.7. The highest BCUT2D eigenvalue weighted by Crippen LogP contribution is 2.30. The predicted molar refractivity (Wildman–Crippen MR) is 85.6 cm³/mol. The number of halogens is 1. The summed E-state index contributed by atoms with van der Waals surface area (Å²) in [6.07, 6.45) is 0.676. The van der Waals surface area contributed by atoms with E-state index in [4.69, 9.17) is 21.4 Å². The highest BCUT2D eigenvalue weighted by atomic mass is 35.5. The average molecular weight is 332 g/mol. The van der Waals surface area contributed by atoms with Crippen LogP contribution in [0.5, 0.6) is 5.75 Å². The number of amides is 1. The lowest BCUT2D eigenvalue weighted by atomic mass is 10.2. The van der Waals surface area contributed by atoms with E-state index in [1.165, 1.54) is 18.9 Å². The van der Waals surface area contributed by atoms with Crippen LogP contribution in [0.1, 0.15) is 18.4 Å². The summed E-state index contributed by atoms with van der Waals surface area (Å²) in [6.45, 7) is 1.85. The molecule has 0 spiro atoms. The number of aryl methyl sites for hydroxylation is 1. The first-order chi connectivity index (χ1) is 9.93. The summed E-state index contributed by atoms with van der Waals surface area (Å²) in [5.74, 6) is 0.438. The molecule has 21 heavy (non-hydrogen) atoms. The zero-order valence-electron chi connectivity index (χ0n) is 11.9. The van der Waals surface area contributed by atoms with E-state index in [1.807, 2.05) is 6.92 Å². The van der Waals surface area contributed by atoms with Gasteiger partial charge in [0.25, 0.3) is 0 Å². The number of ether oxygens (including phenoxy) is 1. The fourth-order valence-corrected chi connectivity index (χ4v) is 2.51. The van der Waals surface area contributed by atoms with Gasteiger partial charge in [-0.25, -0.2) is 0 Å². The number of carbonyl (C=O) groups excluding carboxylic acids is 1. The molecular formula is C14H18ClNO4S. The summed E-state index contributed by atoms with van der Waals surface area (Å²) in [5.41, 5.74) is 1.43. The topological polar surface area (TPSA) is 75.6 Å². The Morgan fingerprint density at radius 2 is 2.14 bits per heavy atom. The number of benzene rings is 1. The Morgan fingerprint density at radius 1 is 1.43 bits per heavy atom. The van der Waals surface area contributed by atoms with Crippen molar-refractivity contribution in [2.75, 3.05) is 23.9 Å². The van der Waals surface area contributed by atoms with Crippen molar-refractivity contribution in [3.63, 3.8) is 0 Å². The summed E-state index contributed by atoms with van der Waals surface area (Å²) >= 11 is 7.40. The Bertz CT molecular complexity index is 522. The van der Waals surface area contributed by atoms with Crippen LogP contribution in [0, 0.1) is 6.92 Å². The molecule has 5 nitrogen and oxygen atoms in total. The third kappa shape index (κ3) is 6.27. The molecule has 0 heterocycles. The number of carboxylic acids is 1. The minimum atomic E-state index is -0.818. The summed E-state index contributed by atoms with van der Waals surface area (Å²) in [5, 5.41) is 11.9. The van der Waals surface area contributed by atoms with Gasteiger partial charge in [0, 0.05) is 17.5 Å². The van der Waals surface area contributed by atoms with Gasteiger partial charge in [-0.15, -0.1) is 0 Å². The third-order valence-electron chi connectivity index (χ3n) is 2.67. The lowest BCUT2D eigenvalue weighted by molar-refractivity contribution is -0.137. The molecule has 0 aliphatic carbocycles. The maximum atomic E-state index is 11.8. The molecule has 0 saturated heterocycles. The van der Waals surface area contributed by atoms with E-state index in [0.29, 0.717) is 28.6 Å². The summed E-state index contributed by atoms with van der Waals surface area (Å²) in [4.78, 5) is 22.2. The number of nitrogens with one attached hydrogen (secondary N) is 1. The van der Waals surface area contributed by atoms with E-state index in [9.17, 15) is 9.59 Å². The van der Waals surface area contributed by atoms with Crippen LogP contribution in [-0.4, -0.2) is 35.6 Å². The number of hydrogen-bond donors (Lipinski definition) is 2. The molecule has 0 aliphatic heterocycles. The molecule has 1 amide bonds. The maximum Gasteiger partial charge on any atom is 0.303 e. The van der Waals surface area contributed by atoms with Crippen molar-refractivity contribution >= 4 is 40.9 Å². The summed E-state index contributed by atoms with van der Waals surface area (Å²) < 4.78 is 5.18. The van der Waals surface area contributed by atoms with Crippen molar-refractivity contribution in [1.29, 1.82) is 0 Å². The van der Waals surface area contributed by atoms with Crippen LogP contribution >= 0.6 is 23.4 Å². The molecule has 0 fully saturated rings. The Hall–Kier alpha value is -1.40. The molecule has 0 aliphatic rings. The van der Waals surface area contributed by atoms with Crippen LogP contribution in [0.3, 0.4) is 0 Å². The Kier molecular flexibility index (Phi) is 7.39. The van der Waals surface area contributed by atoms with Crippen molar-refractivity contribution in [2.24, 2.45) is 0 Å². The molecule has 0 aromatic heterocycles. The smallest absolute Gasteiger partial charge is 0.303 e. The molecule has 7 heteroatoms. The number of carbonyl (C=O) groups is 2. The number of anilines is 1. The van der Waals surface area contributed by atoms with Crippen molar-refractivity contribution < 1.29 is 19.4 Å². The fraction of sp³-hybridized carbons (Fsp3) is 0.429. The quantitative estimate of drug-likeness (QED) is 0.715. The molecule has 2 N–H and O–H groups in total. The summed E-state index contributed by atoms with van der Waals surface area (Å²) in [6, 6.07) is 3.42. The number of hydrogen-bond acceptors (Lipinski definition) is 4. The first-order valence-electron chi connectivity index (χ1n) is 6.37. The second kappa shape index (κ2) is 8.79. The molecule has 0 unspecified atom stereocenters. The molecule has 0 radical (unpaired) electrons. The van der Waals surface area contributed by atoms with E-state index in [-0.39, 0.29) is 18.1 Å². The molecule has 0 atom stereocenters. The lowest BCUT2D eigenvalue weighted by Gasteiger charge is -2.12. The van der Waals surface area contributed by atoms with Gasteiger partial charge in [0.2, 0.25) is 5.91 Å². The molecule has 1 rings (SSSR count). The monoisotopic (exact) mass is 331 g/mol. The molecule has 0 saturated carbocycles. The van der Waals surface area contributed by atoms with Crippen molar-refractivity contribution in [3.05, 3.63) is 22.7 Å². The van der Waals surface area contributed by atoms with E-state index < -0.39 is 5.97 Å². The number of rotatable bonds is 8. The molecular weight excluding hydrogens is 314 g/mol. The Morgan fingerprint density at radius 3 is 2.76 bits per heavy atom. The number of aliphatic carboxylic acids is 1. The predicted octanol–water partition coefficient (Wildman–Crippen LogP) is 3.19. The van der Waals surface area contributed by atoms with Crippen molar-refractivity contribution in [3.8, 4) is 5.75 Å². The maximum absolute atomic E-state index is 11.8. The van der Waals surface area contributed by atoms with Gasteiger partial charge in [-0.3, -0.25) is 9.59 Å². The normalized spacial score (nSPS) is 10.2.